The van der Waals surface area contributed by atoms with Gasteiger partial charge in [-0.15, -0.1) is 0 Å². The molecule has 2 N–H and O–H groups in total. The van der Waals surface area contributed by atoms with Crippen LogP contribution in [0.3, 0.4) is 0 Å². The molecule has 27 heavy (non-hydrogen) atoms. The minimum Gasteiger partial charge on any atom is -0.481 e. The fourth-order valence-corrected chi connectivity index (χ4v) is 3.58. The van der Waals surface area contributed by atoms with E-state index in [1.807, 2.05) is 39.0 Å². The fourth-order valence-electron chi connectivity index (χ4n) is 3.58. The molecule has 2 rings (SSSR count). The Morgan fingerprint density at radius 3 is 2.74 bits per heavy atom. The molecule has 148 valence electrons. The van der Waals surface area contributed by atoms with Gasteiger partial charge in [-0.3, -0.25) is 14.4 Å². The summed E-state index contributed by atoms with van der Waals surface area (Å²) < 4.78 is 0. The predicted molar refractivity (Wildman–Crippen MR) is 103 cm³/mol. The van der Waals surface area contributed by atoms with E-state index in [0.717, 1.165) is 17.5 Å². The third-order valence-electron chi connectivity index (χ3n) is 5.38. The Hall–Kier alpha value is -2.37. The van der Waals surface area contributed by atoms with Crippen molar-refractivity contribution >= 4 is 17.8 Å². The predicted octanol–water partition coefficient (Wildman–Crippen LogP) is 2.88. The first-order chi connectivity index (χ1) is 12.8. The van der Waals surface area contributed by atoms with Crippen LogP contribution in [0.1, 0.15) is 57.1 Å². The minimum atomic E-state index is -0.919. The zero-order chi connectivity index (χ0) is 20.0. The molecule has 0 unspecified atom stereocenters. The zero-order valence-corrected chi connectivity index (χ0v) is 16.4. The Balaban J connectivity index is 2.00. The van der Waals surface area contributed by atoms with Gasteiger partial charge in [0, 0.05) is 31.5 Å². The van der Waals surface area contributed by atoms with E-state index in [1.54, 1.807) is 4.90 Å². The first-order valence-corrected chi connectivity index (χ1v) is 9.66. The van der Waals surface area contributed by atoms with Crippen molar-refractivity contribution in [1.82, 2.24) is 10.2 Å². The van der Waals surface area contributed by atoms with Gasteiger partial charge in [-0.05, 0) is 24.8 Å². The summed E-state index contributed by atoms with van der Waals surface area (Å²) in [5.74, 6) is -0.954. The molecule has 0 aromatic heterocycles. The lowest BCUT2D eigenvalue weighted by Crippen LogP contribution is -2.43. The Morgan fingerprint density at radius 1 is 1.37 bits per heavy atom. The normalized spacial score (nSPS) is 19.0. The number of amides is 2. The molecule has 0 saturated carbocycles. The standard InChI is InChI=1S/C21H30N2O4/c1-4-15(3)18(12-21(26)27)22-19(24)11-17-8-9-20(25)23(17)13-16-7-5-6-14(2)10-16/h5-7,10,15,17-18H,4,8-9,11-13H2,1-3H3,(H,22,24)(H,26,27)/t15-,17-,18-/m0/s1. The van der Waals surface area contributed by atoms with E-state index in [9.17, 15) is 14.4 Å². The molecule has 0 bridgehead atoms. The molecular formula is C21H30N2O4. The second-order valence-corrected chi connectivity index (χ2v) is 7.56. The molecule has 0 spiro atoms. The Bertz CT molecular complexity index is 689. The largest absolute Gasteiger partial charge is 0.481 e. The first-order valence-electron chi connectivity index (χ1n) is 9.66. The molecule has 1 aromatic rings. The van der Waals surface area contributed by atoms with Crippen molar-refractivity contribution in [3.63, 3.8) is 0 Å². The van der Waals surface area contributed by atoms with Crippen molar-refractivity contribution in [2.24, 2.45) is 5.92 Å². The number of carbonyl (C=O) groups excluding carboxylic acids is 2. The third-order valence-corrected chi connectivity index (χ3v) is 5.38. The third kappa shape index (κ3) is 6.08. The number of likely N-dealkylation sites (tertiary alicyclic amines) is 1. The Labute approximate surface area is 160 Å². The van der Waals surface area contributed by atoms with Gasteiger partial charge in [0.25, 0.3) is 0 Å². The van der Waals surface area contributed by atoms with Crippen LogP contribution in [0.15, 0.2) is 24.3 Å². The number of hydrogen-bond donors (Lipinski definition) is 2. The lowest BCUT2D eigenvalue weighted by atomic mass is 9.96. The number of aliphatic carboxylic acids is 1. The van der Waals surface area contributed by atoms with Gasteiger partial charge in [0.15, 0.2) is 0 Å². The van der Waals surface area contributed by atoms with Crippen molar-refractivity contribution in [2.45, 2.75) is 71.5 Å². The molecule has 1 fully saturated rings. The number of carboxylic acid groups (broad SMARTS) is 1. The van der Waals surface area contributed by atoms with E-state index >= 15 is 0 Å². The highest BCUT2D eigenvalue weighted by Gasteiger charge is 2.33. The molecule has 1 heterocycles. The summed E-state index contributed by atoms with van der Waals surface area (Å²) in [6, 6.07) is 7.49. The van der Waals surface area contributed by atoms with Gasteiger partial charge in [-0.1, -0.05) is 50.1 Å². The van der Waals surface area contributed by atoms with Gasteiger partial charge in [0.2, 0.25) is 11.8 Å². The number of rotatable bonds is 9. The summed E-state index contributed by atoms with van der Waals surface area (Å²) in [7, 11) is 0. The van der Waals surface area contributed by atoms with Crippen LogP contribution in [0.25, 0.3) is 0 Å². The number of aryl methyl sites for hydroxylation is 1. The number of nitrogens with zero attached hydrogens (tertiary/aromatic N) is 1. The van der Waals surface area contributed by atoms with Crippen molar-refractivity contribution in [1.29, 1.82) is 0 Å². The van der Waals surface area contributed by atoms with Crippen LogP contribution in [0.4, 0.5) is 0 Å². The van der Waals surface area contributed by atoms with Crippen LogP contribution in [-0.2, 0) is 20.9 Å². The molecule has 6 heteroatoms. The molecule has 0 aliphatic carbocycles. The van der Waals surface area contributed by atoms with Crippen LogP contribution in [0.5, 0.6) is 0 Å². The highest BCUT2D eigenvalue weighted by atomic mass is 16.4. The maximum atomic E-state index is 12.5. The molecule has 3 atom stereocenters. The van der Waals surface area contributed by atoms with Crippen molar-refractivity contribution < 1.29 is 19.5 Å². The second kappa shape index (κ2) is 9.53. The van der Waals surface area contributed by atoms with Gasteiger partial charge in [-0.2, -0.15) is 0 Å². The van der Waals surface area contributed by atoms with E-state index in [0.29, 0.717) is 19.4 Å². The van der Waals surface area contributed by atoms with Crippen molar-refractivity contribution in [3.8, 4) is 0 Å². The first kappa shape index (κ1) is 20.9. The highest BCUT2D eigenvalue weighted by Crippen LogP contribution is 2.24. The van der Waals surface area contributed by atoms with Crippen LogP contribution < -0.4 is 5.32 Å². The summed E-state index contributed by atoms with van der Waals surface area (Å²) >= 11 is 0. The van der Waals surface area contributed by atoms with Gasteiger partial charge in [0.05, 0.1) is 6.42 Å². The van der Waals surface area contributed by atoms with Crippen LogP contribution >= 0.6 is 0 Å². The smallest absolute Gasteiger partial charge is 0.305 e. The Kier molecular flexibility index (Phi) is 7.39. The van der Waals surface area contributed by atoms with Gasteiger partial charge in [0.1, 0.15) is 0 Å². The lowest BCUT2D eigenvalue weighted by molar-refractivity contribution is -0.138. The average Bonchev–Trinajstić information content (AvgIpc) is 2.93. The van der Waals surface area contributed by atoms with E-state index in [2.05, 4.69) is 11.4 Å². The van der Waals surface area contributed by atoms with Gasteiger partial charge in [-0.25, -0.2) is 0 Å². The molecule has 0 radical (unpaired) electrons. The Morgan fingerprint density at radius 2 is 2.11 bits per heavy atom. The summed E-state index contributed by atoms with van der Waals surface area (Å²) in [5.41, 5.74) is 2.19. The van der Waals surface area contributed by atoms with Gasteiger partial charge >= 0.3 is 5.97 Å². The summed E-state index contributed by atoms with van der Waals surface area (Å²) in [4.78, 5) is 37.7. The topological polar surface area (TPSA) is 86.7 Å². The van der Waals surface area contributed by atoms with E-state index in [1.165, 1.54) is 0 Å². The second-order valence-electron chi connectivity index (χ2n) is 7.56. The summed E-state index contributed by atoms with van der Waals surface area (Å²) in [5, 5.41) is 12.0. The molecular weight excluding hydrogens is 344 g/mol. The van der Waals surface area contributed by atoms with Crippen molar-refractivity contribution in [3.05, 3.63) is 35.4 Å². The van der Waals surface area contributed by atoms with Gasteiger partial charge < -0.3 is 15.3 Å². The minimum absolute atomic E-state index is 0.0679. The number of benzene rings is 1. The molecule has 1 aromatic carbocycles. The average molecular weight is 374 g/mol. The van der Waals surface area contributed by atoms with E-state index in [4.69, 9.17) is 5.11 Å². The van der Waals surface area contributed by atoms with E-state index in [-0.39, 0.29) is 42.7 Å². The molecule has 1 aliphatic heterocycles. The fraction of sp³-hybridized carbons (Fsp3) is 0.571. The van der Waals surface area contributed by atoms with Crippen molar-refractivity contribution in [2.75, 3.05) is 0 Å². The number of hydrogen-bond acceptors (Lipinski definition) is 3. The number of carboxylic acids is 1. The number of nitrogens with one attached hydrogen (secondary N) is 1. The quantitative estimate of drug-likeness (QED) is 0.696. The molecule has 1 saturated heterocycles. The van der Waals surface area contributed by atoms with Crippen LogP contribution in [0, 0.1) is 12.8 Å². The maximum Gasteiger partial charge on any atom is 0.305 e. The monoisotopic (exact) mass is 374 g/mol. The van der Waals surface area contributed by atoms with Crippen LogP contribution in [-0.4, -0.2) is 39.9 Å². The summed E-state index contributed by atoms with van der Waals surface area (Å²) in [6.07, 6.45) is 2.03. The molecule has 6 nitrogen and oxygen atoms in total. The maximum absolute atomic E-state index is 12.5. The lowest BCUT2D eigenvalue weighted by Gasteiger charge is -2.27. The summed E-state index contributed by atoms with van der Waals surface area (Å²) in [6.45, 7) is 6.43. The van der Waals surface area contributed by atoms with E-state index < -0.39 is 5.97 Å². The molecule has 2 amide bonds. The zero-order valence-electron chi connectivity index (χ0n) is 16.4. The van der Waals surface area contributed by atoms with Crippen LogP contribution in [0.2, 0.25) is 0 Å². The highest BCUT2D eigenvalue weighted by molar-refractivity contribution is 5.82. The SMILES string of the molecule is CC[C@H](C)[C@H](CC(=O)O)NC(=O)C[C@@H]1CCC(=O)N1Cc1cccc(C)c1. The number of carbonyl (C=O) groups is 3. The molecule has 1 aliphatic rings.